The van der Waals surface area contributed by atoms with Crippen LogP contribution >= 0.6 is 0 Å². The van der Waals surface area contributed by atoms with Gasteiger partial charge in [-0.1, -0.05) is 0 Å². The highest BCUT2D eigenvalue weighted by atomic mass is 19.4. The summed E-state index contributed by atoms with van der Waals surface area (Å²) in [6, 6.07) is 1.55. The number of rotatable bonds is 4. The molecule has 0 heterocycles. The number of carboxylic acids is 1. The van der Waals surface area contributed by atoms with Gasteiger partial charge in [-0.25, -0.2) is 13.6 Å². The molecule has 1 aromatic rings. The Morgan fingerprint density at radius 1 is 1.26 bits per heavy atom. The third-order valence-corrected chi connectivity index (χ3v) is 2.38. The van der Waals surface area contributed by atoms with Crippen LogP contribution in [-0.4, -0.2) is 30.3 Å². The van der Waals surface area contributed by atoms with Crippen molar-refractivity contribution in [3.8, 4) is 0 Å². The first-order valence-electron chi connectivity index (χ1n) is 5.20. The molecule has 1 aromatic carbocycles. The molecular formula is C11H10F5NO2. The lowest BCUT2D eigenvalue weighted by molar-refractivity contribution is -0.119. The first-order valence-corrected chi connectivity index (χ1v) is 5.20. The van der Waals surface area contributed by atoms with Crippen LogP contribution in [0.3, 0.4) is 0 Å². The summed E-state index contributed by atoms with van der Waals surface area (Å²) in [5.74, 6) is -4.97. The number of nitrogens with zero attached hydrogens (tertiary/aromatic N) is 1. The van der Waals surface area contributed by atoms with Crippen LogP contribution in [0.2, 0.25) is 0 Å². The van der Waals surface area contributed by atoms with Gasteiger partial charge in [0.1, 0.15) is 6.54 Å². The molecule has 0 aromatic heterocycles. The number of hydrogen-bond donors (Lipinski definition) is 1. The van der Waals surface area contributed by atoms with E-state index in [9.17, 15) is 26.7 Å². The smallest absolute Gasteiger partial charge is 0.405 e. The molecule has 0 amide bonds. The maximum atomic E-state index is 13.6. The molecule has 106 valence electrons. The molecule has 0 saturated carbocycles. The first kappa shape index (κ1) is 15.2. The predicted molar refractivity (Wildman–Crippen MR) is 57.3 cm³/mol. The predicted octanol–water partition coefficient (Wildman–Crippen LogP) is 3.05. The van der Waals surface area contributed by atoms with Gasteiger partial charge in [0.05, 0.1) is 11.3 Å². The van der Waals surface area contributed by atoms with E-state index in [0.717, 1.165) is 12.1 Å². The zero-order chi connectivity index (χ0) is 14.8. The quantitative estimate of drug-likeness (QED) is 0.863. The van der Waals surface area contributed by atoms with Gasteiger partial charge in [0.15, 0.2) is 11.6 Å². The van der Waals surface area contributed by atoms with Crippen molar-refractivity contribution in [2.24, 2.45) is 0 Å². The number of aromatic carboxylic acids is 1. The molecule has 1 N–H and O–H groups in total. The molecule has 19 heavy (non-hydrogen) atoms. The standard InChI is InChI=1S/C11H10F5NO2/c1-2-17(5-11(14,15)16)7-4-3-6(10(18)19)8(12)9(7)13/h3-4H,2,5H2,1H3,(H,18,19). The van der Waals surface area contributed by atoms with Crippen LogP contribution < -0.4 is 4.90 Å². The molecule has 0 aliphatic rings. The van der Waals surface area contributed by atoms with Gasteiger partial charge < -0.3 is 10.0 Å². The fraction of sp³-hybridized carbons (Fsp3) is 0.364. The zero-order valence-electron chi connectivity index (χ0n) is 9.76. The Kier molecular flexibility index (Phi) is 4.33. The van der Waals surface area contributed by atoms with Crippen molar-refractivity contribution in [3.05, 3.63) is 29.3 Å². The number of hydrogen-bond acceptors (Lipinski definition) is 2. The summed E-state index contributed by atoms with van der Waals surface area (Å²) < 4.78 is 63.8. The number of anilines is 1. The Balaban J connectivity index is 3.20. The van der Waals surface area contributed by atoms with E-state index >= 15 is 0 Å². The van der Waals surface area contributed by atoms with E-state index in [1.807, 2.05) is 0 Å². The number of benzene rings is 1. The van der Waals surface area contributed by atoms with Crippen molar-refractivity contribution in [2.45, 2.75) is 13.1 Å². The van der Waals surface area contributed by atoms with Crippen molar-refractivity contribution in [3.63, 3.8) is 0 Å². The summed E-state index contributed by atoms with van der Waals surface area (Å²) in [4.78, 5) is 11.1. The molecule has 0 spiro atoms. The highest BCUT2D eigenvalue weighted by Gasteiger charge is 2.32. The zero-order valence-corrected chi connectivity index (χ0v) is 9.76. The van der Waals surface area contributed by atoms with Gasteiger partial charge in [-0.15, -0.1) is 0 Å². The monoisotopic (exact) mass is 283 g/mol. The Morgan fingerprint density at radius 3 is 2.26 bits per heavy atom. The Labute approximate surface area is 105 Å². The van der Waals surface area contributed by atoms with Crippen molar-refractivity contribution >= 4 is 11.7 Å². The third kappa shape index (κ3) is 3.55. The van der Waals surface area contributed by atoms with Crippen LogP contribution in [0.25, 0.3) is 0 Å². The number of carbonyl (C=O) groups is 1. The van der Waals surface area contributed by atoms with Crippen LogP contribution in [0, 0.1) is 11.6 Å². The highest BCUT2D eigenvalue weighted by molar-refractivity contribution is 5.88. The molecule has 0 unspecified atom stereocenters. The minimum atomic E-state index is -4.58. The Morgan fingerprint density at radius 2 is 1.84 bits per heavy atom. The second kappa shape index (κ2) is 5.41. The normalized spacial score (nSPS) is 11.5. The SMILES string of the molecule is CCN(CC(F)(F)F)c1ccc(C(=O)O)c(F)c1F. The van der Waals surface area contributed by atoms with Gasteiger partial charge in [-0.05, 0) is 19.1 Å². The minimum absolute atomic E-state index is 0.206. The lowest BCUT2D eigenvalue weighted by atomic mass is 10.1. The van der Waals surface area contributed by atoms with Gasteiger partial charge in [0.2, 0.25) is 0 Å². The maximum absolute atomic E-state index is 13.6. The van der Waals surface area contributed by atoms with E-state index in [1.165, 1.54) is 6.92 Å². The fourth-order valence-electron chi connectivity index (χ4n) is 1.53. The van der Waals surface area contributed by atoms with Crippen LogP contribution in [0.1, 0.15) is 17.3 Å². The van der Waals surface area contributed by atoms with Gasteiger partial charge in [0, 0.05) is 6.54 Å². The average Bonchev–Trinajstić information content (AvgIpc) is 2.28. The molecule has 3 nitrogen and oxygen atoms in total. The van der Waals surface area contributed by atoms with Crippen molar-refractivity contribution in [1.29, 1.82) is 0 Å². The highest BCUT2D eigenvalue weighted by Crippen LogP contribution is 2.27. The van der Waals surface area contributed by atoms with Crippen molar-refractivity contribution in [1.82, 2.24) is 0 Å². The summed E-state index contributed by atoms with van der Waals surface area (Å²) in [5, 5.41) is 8.56. The molecule has 1 rings (SSSR count). The first-order chi connectivity index (χ1) is 8.67. The fourth-order valence-corrected chi connectivity index (χ4v) is 1.53. The molecule has 0 bridgehead atoms. The van der Waals surface area contributed by atoms with Crippen LogP contribution in [0.15, 0.2) is 12.1 Å². The molecule has 0 saturated heterocycles. The van der Waals surface area contributed by atoms with Gasteiger partial charge in [-0.3, -0.25) is 0 Å². The van der Waals surface area contributed by atoms with Gasteiger partial charge in [0.25, 0.3) is 0 Å². The van der Waals surface area contributed by atoms with E-state index in [2.05, 4.69) is 0 Å². The molecular weight excluding hydrogens is 273 g/mol. The second-order valence-corrected chi connectivity index (χ2v) is 3.69. The number of alkyl halides is 3. The van der Waals surface area contributed by atoms with Crippen LogP contribution in [-0.2, 0) is 0 Å². The molecule has 0 atom stereocenters. The molecule has 0 aliphatic carbocycles. The van der Waals surface area contributed by atoms with E-state index < -0.39 is 41.6 Å². The van der Waals surface area contributed by atoms with Gasteiger partial charge >= 0.3 is 12.1 Å². The van der Waals surface area contributed by atoms with E-state index in [1.54, 1.807) is 0 Å². The maximum Gasteiger partial charge on any atom is 0.405 e. The largest absolute Gasteiger partial charge is 0.478 e. The van der Waals surface area contributed by atoms with Gasteiger partial charge in [-0.2, -0.15) is 13.2 Å². The molecule has 8 heteroatoms. The summed E-state index contributed by atoms with van der Waals surface area (Å²) in [6.07, 6.45) is -4.58. The molecule has 0 fully saturated rings. The van der Waals surface area contributed by atoms with E-state index in [0.29, 0.717) is 4.90 Å². The molecule has 0 radical (unpaired) electrons. The third-order valence-electron chi connectivity index (χ3n) is 2.38. The molecule has 0 aliphatic heterocycles. The van der Waals surface area contributed by atoms with E-state index in [-0.39, 0.29) is 6.54 Å². The lowest BCUT2D eigenvalue weighted by Gasteiger charge is -2.25. The Hall–Kier alpha value is -1.86. The lowest BCUT2D eigenvalue weighted by Crippen LogP contribution is -2.34. The summed E-state index contributed by atoms with van der Waals surface area (Å²) in [7, 11) is 0. The van der Waals surface area contributed by atoms with E-state index in [4.69, 9.17) is 5.11 Å². The van der Waals surface area contributed by atoms with Crippen molar-refractivity contribution < 1.29 is 31.9 Å². The van der Waals surface area contributed by atoms with Crippen molar-refractivity contribution in [2.75, 3.05) is 18.0 Å². The second-order valence-electron chi connectivity index (χ2n) is 3.69. The summed E-state index contributed by atoms with van der Waals surface area (Å²) in [6.45, 7) is -0.317. The van der Waals surface area contributed by atoms with Crippen LogP contribution in [0.5, 0.6) is 0 Å². The summed E-state index contributed by atoms with van der Waals surface area (Å²) in [5.41, 5.74) is -1.55. The Bertz CT molecular complexity index is 487. The summed E-state index contributed by atoms with van der Waals surface area (Å²) >= 11 is 0. The minimum Gasteiger partial charge on any atom is -0.478 e. The van der Waals surface area contributed by atoms with Crippen LogP contribution in [0.4, 0.5) is 27.6 Å². The average molecular weight is 283 g/mol. The topological polar surface area (TPSA) is 40.5 Å². The number of carboxylic acid groups (broad SMARTS) is 1. The number of halogens is 5.